The second-order valence-electron chi connectivity index (χ2n) is 4.17. The minimum absolute atomic E-state index is 0.00889. The standard InChI is InChI=1S/C8H15BFNO2/c1-9(13)11-4-5-2-3-6(11)7(10)8(5)12/h5-8,12-13H,2-4H2,1H3/t5?,6?,7-,8-/m0/s1. The molecule has 3 aliphatic rings. The maximum absolute atomic E-state index is 13.5. The molecule has 0 aromatic carbocycles. The molecule has 4 atom stereocenters. The number of rotatable bonds is 1. The number of fused-ring (bicyclic) bond motifs is 3. The Bertz CT molecular complexity index is 203. The Balaban J connectivity index is 2.14. The van der Waals surface area contributed by atoms with E-state index in [4.69, 9.17) is 0 Å². The van der Waals surface area contributed by atoms with Crippen LogP contribution in [0.4, 0.5) is 4.39 Å². The summed E-state index contributed by atoms with van der Waals surface area (Å²) in [6.07, 6.45) is -0.348. The molecule has 2 bridgehead atoms. The molecule has 2 N–H and O–H groups in total. The summed E-state index contributed by atoms with van der Waals surface area (Å²) in [6.45, 7) is 2.28. The molecule has 1 aliphatic carbocycles. The number of aliphatic hydroxyl groups excluding tert-OH is 1. The largest absolute Gasteiger partial charge is 0.437 e. The molecule has 1 saturated carbocycles. The van der Waals surface area contributed by atoms with Crippen molar-refractivity contribution in [1.29, 1.82) is 0 Å². The molecule has 0 aromatic rings. The van der Waals surface area contributed by atoms with E-state index in [9.17, 15) is 14.5 Å². The molecule has 0 spiro atoms. The van der Waals surface area contributed by atoms with E-state index in [1.165, 1.54) is 0 Å². The van der Waals surface area contributed by atoms with Gasteiger partial charge in [0, 0.05) is 6.04 Å². The molecular formula is C8H15BFNO2. The van der Waals surface area contributed by atoms with Gasteiger partial charge >= 0.3 is 7.05 Å². The summed E-state index contributed by atoms with van der Waals surface area (Å²) in [5.74, 6) is 0.00889. The van der Waals surface area contributed by atoms with Crippen molar-refractivity contribution in [2.24, 2.45) is 5.92 Å². The van der Waals surface area contributed by atoms with Crippen LogP contribution >= 0.6 is 0 Å². The van der Waals surface area contributed by atoms with Gasteiger partial charge < -0.3 is 14.9 Å². The first kappa shape index (κ1) is 9.43. The predicted octanol–water partition coefficient (Wildman–Crippen LogP) is -0.110. The zero-order valence-corrected chi connectivity index (χ0v) is 7.73. The fraction of sp³-hybridized carbons (Fsp3) is 1.00. The van der Waals surface area contributed by atoms with Crippen LogP contribution in [0.5, 0.6) is 0 Å². The third-order valence-electron chi connectivity index (χ3n) is 3.36. The van der Waals surface area contributed by atoms with Gasteiger partial charge in [-0.05, 0) is 32.1 Å². The third kappa shape index (κ3) is 1.39. The van der Waals surface area contributed by atoms with E-state index in [0.29, 0.717) is 6.54 Å². The first-order valence-electron chi connectivity index (χ1n) is 4.87. The van der Waals surface area contributed by atoms with Gasteiger partial charge in [-0.3, -0.25) is 0 Å². The van der Waals surface area contributed by atoms with Gasteiger partial charge in [-0.1, -0.05) is 0 Å². The third-order valence-corrected chi connectivity index (χ3v) is 3.36. The topological polar surface area (TPSA) is 43.7 Å². The molecule has 2 saturated heterocycles. The Hall–Kier alpha value is -0.125. The number of nitrogens with zero attached hydrogens (tertiary/aromatic N) is 1. The van der Waals surface area contributed by atoms with Crippen LogP contribution in [0.1, 0.15) is 12.8 Å². The van der Waals surface area contributed by atoms with Gasteiger partial charge in [-0.15, -0.1) is 0 Å². The van der Waals surface area contributed by atoms with Crippen molar-refractivity contribution < 1.29 is 14.5 Å². The molecule has 3 nitrogen and oxygen atoms in total. The van der Waals surface area contributed by atoms with Crippen LogP contribution in [0, 0.1) is 5.92 Å². The van der Waals surface area contributed by atoms with Gasteiger partial charge in [-0.2, -0.15) is 0 Å². The average Bonchev–Trinajstić information content (AvgIpc) is 2.12. The van der Waals surface area contributed by atoms with Crippen molar-refractivity contribution in [3.63, 3.8) is 0 Å². The van der Waals surface area contributed by atoms with Crippen LogP contribution in [0.15, 0.2) is 0 Å². The smallest absolute Gasteiger partial charge is 0.376 e. The first-order valence-corrected chi connectivity index (χ1v) is 4.87. The summed E-state index contributed by atoms with van der Waals surface area (Å²) in [5.41, 5.74) is 0. The zero-order chi connectivity index (χ0) is 9.59. The van der Waals surface area contributed by atoms with Crippen LogP contribution in [-0.4, -0.2) is 46.9 Å². The molecule has 0 radical (unpaired) electrons. The van der Waals surface area contributed by atoms with Crippen LogP contribution in [-0.2, 0) is 0 Å². The summed E-state index contributed by atoms with van der Waals surface area (Å²) < 4.78 is 13.5. The quantitative estimate of drug-likeness (QED) is 0.563. The average molecular weight is 187 g/mol. The predicted molar refractivity (Wildman–Crippen MR) is 48.0 cm³/mol. The molecule has 74 valence electrons. The van der Waals surface area contributed by atoms with Crippen molar-refractivity contribution in [2.45, 2.75) is 38.0 Å². The number of halogens is 1. The summed E-state index contributed by atoms with van der Waals surface area (Å²) in [7, 11) is -0.599. The fourth-order valence-electron chi connectivity index (χ4n) is 2.59. The zero-order valence-electron chi connectivity index (χ0n) is 7.73. The highest BCUT2D eigenvalue weighted by Gasteiger charge is 2.48. The molecule has 2 heterocycles. The van der Waals surface area contributed by atoms with E-state index in [-0.39, 0.29) is 12.0 Å². The van der Waals surface area contributed by atoms with Gasteiger partial charge in [0.15, 0.2) is 0 Å². The van der Waals surface area contributed by atoms with Crippen LogP contribution in [0.3, 0.4) is 0 Å². The normalized spacial score (nSPS) is 45.2. The first-order chi connectivity index (χ1) is 6.11. The Morgan fingerprint density at radius 2 is 2.15 bits per heavy atom. The van der Waals surface area contributed by atoms with Crippen LogP contribution in [0.25, 0.3) is 0 Å². The minimum Gasteiger partial charge on any atom is -0.437 e. The highest BCUT2D eigenvalue weighted by molar-refractivity contribution is 6.45. The lowest BCUT2D eigenvalue weighted by Gasteiger charge is -2.50. The molecule has 3 fully saturated rings. The number of piperidine rings is 2. The van der Waals surface area contributed by atoms with Gasteiger partial charge in [0.1, 0.15) is 6.17 Å². The Labute approximate surface area is 77.7 Å². The van der Waals surface area contributed by atoms with Crippen LogP contribution in [0.2, 0.25) is 6.82 Å². The van der Waals surface area contributed by atoms with E-state index in [1.807, 2.05) is 0 Å². The van der Waals surface area contributed by atoms with Gasteiger partial charge in [0.05, 0.1) is 6.10 Å². The molecule has 0 amide bonds. The second kappa shape index (κ2) is 3.22. The number of aliphatic hydroxyl groups is 1. The maximum atomic E-state index is 13.5. The van der Waals surface area contributed by atoms with Crippen molar-refractivity contribution >= 4 is 7.05 Å². The van der Waals surface area contributed by atoms with Gasteiger partial charge in [-0.25, -0.2) is 4.39 Å². The number of alkyl halides is 1. The molecule has 3 rings (SSSR count). The molecule has 5 heteroatoms. The summed E-state index contributed by atoms with van der Waals surface area (Å²) in [6, 6.07) is -0.278. The van der Waals surface area contributed by atoms with E-state index in [0.717, 1.165) is 12.8 Å². The molecule has 2 aliphatic heterocycles. The van der Waals surface area contributed by atoms with Crippen molar-refractivity contribution in [2.75, 3.05) is 6.54 Å². The lowest BCUT2D eigenvalue weighted by Crippen LogP contribution is -2.64. The van der Waals surface area contributed by atoms with Gasteiger partial charge in [0.25, 0.3) is 0 Å². The molecule has 2 unspecified atom stereocenters. The number of hydrogen-bond acceptors (Lipinski definition) is 3. The van der Waals surface area contributed by atoms with Crippen molar-refractivity contribution in [3.8, 4) is 0 Å². The Morgan fingerprint density at radius 1 is 1.46 bits per heavy atom. The maximum Gasteiger partial charge on any atom is 0.376 e. The number of hydrogen-bond donors (Lipinski definition) is 2. The highest BCUT2D eigenvalue weighted by atomic mass is 19.1. The minimum atomic E-state index is -1.18. The van der Waals surface area contributed by atoms with Crippen molar-refractivity contribution in [1.82, 2.24) is 4.81 Å². The van der Waals surface area contributed by atoms with E-state index in [1.54, 1.807) is 11.6 Å². The van der Waals surface area contributed by atoms with Gasteiger partial charge in [0.2, 0.25) is 0 Å². The molecule has 13 heavy (non-hydrogen) atoms. The summed E-state index contributed by atoms with van der Waals surface area (Å²) >= 11 is 0. The Morgan fingerprint density at radius 3 is 2.69 bits per heavy atom. The van der Waals surface area contributed by atoms with E-state index in [2.05, 4.69) is 0 Å². The second-order valence-corrected chi connectivity index (χ2v) is 4.17. The summed E-state index contributed by atoms with van der Waals surface area (Å²) in [4.78, 5) is 1.76. The lowest BCUT2D eigenvalue weighted by molar-refractivity contribution is -0.0859. The SMILES string of the molecule is CB(O)N1CC2CCC1[C@H](F)[C@H]2O. The van der Waals surface area contributed by atoms with Crippen molar-refractivity contribution in [3.05, 3.63) is 0 Å². The van der Waals surface area contributed by atoms with Crippen LogP contribution < -0.4 is 0 Å². The van der Waals surface area contributed by atoms with E-state index < -0.39 is 19.3 Å². The lowest BCUT2D eigenvalue weighted by atomic mass is 9.69. The highest BCUT2D eigenvalue weighted by Crippen LogP contribution is 2.37. The Kier molecular flexibility index (Phi) is 2.34. The fourth-order valence-corrected chi connectivity index (χ4v) is 2.59. The monoisotopic (exact) mass is 187 g/mol. The van der Waals surface area contributed by atoms with E-state index >= 15 is 0 Å². The molecule has 0 aromatic heterocycles. The molecular weight excluding hydrogens is 172 g/mol. The summed E-state index contributed by atoms with van der Waals surface area (Å²) in [5, 5.41) is 18.9.